The van der Waals surface area contributed by atoms with Crippen LogP contribution in [0.4, 0.5) is 0 Å². The van der Waals surface area contributed by atoms with E-state index in [9.17, 15) is 0 Å². The normalized spacial score (nSPS) is 25.3. The summed E-state index contributed by atoms with van der Waals surface area (Å²) >= 11 is 0. The van der Waals surface area contributed by atoms with Crippen molar-refractivity contribution in [2.75, 3.05) is 6.61 Å². The molecule has 3 rings (SSSR count). The maximum Gasteiger partial charge on any atom is 0.0640 e. The molecule has 1 aliphatic carbocycles. The third-order valence-electron chi connectivity index (χ3n) is 4.97. The van der Waals surface area contributed by atoms with E-state index in [0.717, 1.165) is 31.6 Å². The molecule has 118 valence electrons. The maximum absolute atomic E-state index is 6.27. The van der Waals surface area contributed by atoms with Crippen LogP contribution >= 0.6 is 0 Å². The minimum atomic E-state index is 0.212. The van der Waals surface area contributed by atoms with Crippen molar-refractivity contribution in [3.8, 4) is 0 Å². The first kappa shape index (κ1) is 15.0. The zero-order valence-electron chi connectivity index (χ0n) is 13.0. The lowest BCUT2D eigenvalue weighted by Gasteiger charge is -2.21. The average Bonchev–Trinajstić information content (AvgIpc) is 3.17. The molecular formula is C17H29N3O. The third-order valence-corrected chi connectivity index (χ3v) is 4.97. The van der Waals surface area contributed by atoms with Crippen LogP contribution in [0.5, 0.6) is 0 Å². The molecule has 1 aromatic rings. The summed E-state index contributed by atoms with van der Waals surface area (Å²) in [6, 6.07) is 2.99. The van der Waals surface area contributed by atoms with Crippen molar-refractivity contribution in [1.29, 1.82) is 0 Å². The first-order valence-corrected chi connectivity index (χ1v) is 8.72. The van der Waals surface area contributed by atoms with E-state index in [4.69, 9.17) is 15.6 Å². The highest BCUT2D eigenvalue weighted by Crippen LogP contribution is 2.27. The summed E-state index contributed by atoms with van der Waals surface area (Å²) < 4.78 is 7.84. The molecule has 2 N–H and O–H groups in total. The summed E-state index contributed by atoms with van der Waals surface area (Å²) in [6.45, 7) is 0.936. The second-order valence-corrected chi connectivity index (χ2v) is 6.76. The van der Waals surface area contributed by atoms with E-state index in [0.29, 0.717) is 12.1 Å². The summed E-state index contributed by atoms with van der Waals surface area (Å²) in [5, 5.41) is 4.76. The van der Waals surface area contributed by atoms with Crippen LogP contribution in [0.1, 0.15) is 69.5 Å². The van der Waals surface area contributed by atoms with E-state index in [1.807, 2.05) is 0 Å². The number of hydrogen-bond donors (Lipinski definition) is 1. The molecule has 1 saturated carbocycles. The fraction of sp³-hybridized carbons (Fsp3) is 0.824. The van der Waals surface area contributed by atoms with E-state index in [-0.39, 0.29) is 6.04 Å². The second kappa shape index (κ2) is 7.41. The number of aromatic nitrogens is 2. The van der Waals surface area contributed by atoms with Gasteiger partial charge >= 0.3 is 0 Å². The quantitative estimate of drug-likeness (QED) is 0.875. The third kappa shape index (κ3) is 4.30. The van der Waals surface area contributed by atoms with Crippen LogP contribution in [0.25, 0.3) is 0 Å². The van der Waals surface area contributed by atoms with E-state index in [2.05, 4.69) is 16.9 Å². The van der Waals surface area contributed by atoms with Crippen LogP contribution in [0.2, 0.25) is 0 Å². The lowest BCUT2D eigenvalue weighted by molar-refractivity contribution is 0.101. The summed E-state index contributed by atoms with van der Waals surface area (Å²) in [5.74, 6) is 0. The Bertz CT molecular complexity index is 419. The Kier molecular flexibility index (Phi) is 5.31. The molecule has 0 radical (unpaired) electrons. The van der Waals surface area contributed by atoms with Gasteiger partial charge in [0.2, 0.25) is 0 Å². The monoisotopic (exact) mass is 291 g/mol. The molecule has 0 bridgehead atoms. The van der Waals surface area contributed by atoms with Crippen molar-refractivity contribution in [3.05, 3.63) is 18.0 Å². The van der Waals surface area contributed by atoms with Crippen molar-refractivity contribution in [3.63, 3.8) is 0 Å². The van der Waals surface area contributed by atoms with Gasteiger partial charge in [-0.15, -0.1) is 0 Å². The van der Waals surface area contributed by atoms with Crippen molar-refractivity contribution < 1.29 is 4.74 Å². The Hall–Kier alpha value is -0.870. The SMILES string of the molecule is NC(CCC1CCCO1)Cc1ccn(C2CCCCC2)n1. The smallest absolute Gasteiger partial charge is 0.0640 e. The van der Waals surface area contributed by atoms with Gasteiger partial charge in [-0.25, -0.2) is 0 Å². The van der Waals surface area contributed by atoms with Gasteiger partial charge in [0.25, 0.3) is 0 Å². The maximum atomic E-state index is 6.27. The first-order valence-electron chi connectivity index (χ1n) is 8.72. The molecule has 1 aromatic heterocycles. The van der Waals surface area contributed by atoms with Gasteiger partial charge < -0.3 is 10.5 Å². The minimum Gasteiger partial charge on any atom is -0.378 e. The Morgan fingerprint density at radius 3 is 2.86 bits per heavy atom. The van der Waals surface area contributed by atoms with Crippen LogP contribution in [0.15, 0.2) is 12.3 Å². The second-order valence-electron chi connectivity index (χ2n) is 6.76. The summed E-state index contributed by atoms with van der Waals surface area (Å²) in [5.41, 5.74) is 7.42. The number of nitrogens with two attached hydrogens (primary N) is 1. The molecule has 1 aliphatic heterocycles. The topological polar surface area (TPSA) is 53.1 Å². The highest BCUT2D eigenvalue weighted by Gasteiger charge is 2.18. The van der Waals surface area contributed by atoms with E-state index in [1.54, 1.807) is 0 Å². The van der Waals surface area contributed by atoms with Crippen LogP contribution in [0, 0.1) is 0 Å². The van der Waals surface area contributed by atoms with Gasteiger partial charge in [0.1, 0.15) is 0 Å². The first-order chi connectivity index (χ1) is 10.3. The largest absolute Gasteiger partial charge is 0.378 e. The molecule has 1 saturated heterocycles. The van der Waals surface area contributed by atoms with Gasteiger partial charge in [0, 0.05) is 25.3 Å². The van der Waals surface area contributed by atoms with Gasteiger partial charge in [-0.1, -0.05) is 19.3 Å². The molecule has 0 amide bonds. The Morgan fingerprint density at radius 2 is 2.10 bits per heavy atom. The minimum absolute atomic E-state index is 0.212. The van der Waals surface area contributed by atoms with E-state index < -0.39 is 0 Å². The lowest BCUT2D eigenvalue weighted by atomic mass is 9.96. The summed E-state index contributed by atoms with van der Waals surface area (Å²) in [6.07, 6.45) is 14.7. The Balaban J connectivity index is 1.44. The number of rotatable bonds is 6. The Morgan fingerprint density at radius 1 is 1.24 bits per heavy atom. The molecule has 21 heavy (non-hydrogen) atoms. The van der Waals surface area contributed by atoms with Crippen molar-refractivity contribution in [2.45, 2.75) is 82.4 Å². The van der Waals surface area contributed by atoms with E-state index >= 15 is 0 Å². The molecule has 2 aliphatic rings. The predicted octanol–water partition coefficient (Wildman–Crippen LogP) is 3.22. The van der Waals surface area contributed by atoms with Gasteiger partial charge in [0.05, 0.1) is 17.8 Å². The molecule has 2 unspecified atom stereocenters. The number of hydrogen-bond acceptors (Lipinski definition) is 3. The molecule has 2 heterocycles. The van der Waals surface area contributed by atoms with Gasteiger partial charge in [0.15, 0.2) is 0 Å². The van der Waals surface area contributed by atoms with Gasteiger partial charge in [-0.2, -0.15) is 5.10 Å². The van der Waals surface area contributed by atoms with E-state index in [1.165, 1.54) is 44.9 Å². The van der Waals surface area contributed by atoms with Gasteiger partial charge in [-0.05, 0) is 44.6 Å². The molecule has 0 aromatic carbocycles. The lowest BCUT2D eigenvalue weighted by Crippen LogP contribution is -2.25. The average molecular weight is 291 g/mol. The molecule has 2 fully saturated rings. The van der Waals surface area contributed by atoms with Gasteiger partial charge in [-0.3, -0.25) is 4.68 Å². The van der Waals surface area contributed by atoms with Crippen LogP contribution < -0.4 is 5.73 Å². The number of ether oxygens (including phenoxy) is 1. The highest BCUT2D eigenvalue weighted by molar-refractivity contribution is 5.02. The fourth-order valence-electron chi connectivity index (χ4n) is 3.68. The molecule has 4 nitrogen and oxygen atoms in total. The van der Waals surface area contributed by atoms with Crippen LogP contribution in [-0.2, 0) is 11.2 Å². The fourth-order valence-corrected chi connectivity index (χ4v) is 3.68. The van der Waals surface area contributed by atoms with Crippen LogP contribution in [0.3, 0.4) is 0 Å². The van der Waals surface area contributed by atoms with Crippen molar-refractivity contribution >= 4 is 0 Å². The molecule has 2 atom stereocenters. The van der Waals surface area contributed by atoms with Crippen molar-refractivity contribution in [2.24, 2.45) is 5.73 Å². The summed E-state index contributed by atoms with van der Waals surface area (Å²) in [4.78, 5) is 0. The summed E-state index contributed by atoms with van der Waals surface area (Å²) in [7, 11) is 0. The molecule has 0 spiro atoms. The predicted molar refractivity (Wildman–Crippen MR) is 84.2 cm³/mol. The van der Waals surface area contributed by atoms with Crippen molar-refractivity contribution in [1.82, 2.24) is 9.78 Å². The Labute approximate surface area is 128 Å². The molecular weight excluding hydrogens is 262 g/mol. The highest BCUT2D eigenvalue weighted by atomic mass is 16.5. The molecule has 4 heteroatoms. The zero-order chi connectivity index (χ0) is 14.5. The zero-order valence-corrected chi connectivity index (χ0v) is 13.0. The number of nitrogens with zero attached hydrogens (tertiary/aromatic N) is 2. The standard InChI is InChI=1S/C17H29N3O/c18-14(8-9-17-7-4-12-21-17)13-15-10-11-20(19-15)16-5-2-1-3-6-16/h10-11,14,16-17H,1-9,12-13,18H2. The van der Waals surface area contributed by atoms with Crippen LogP contribution in [-0.4, -0.2) is 28.5 Å².